The van der Waals surface area contributed by atoms with E-state index < -0.39 is 40.3 Å². The van der Waals surface area contributed by atoms with Gasteiger partial charge in [0, 0.05) is 25.6 Å². The Labute approximate surface area is 186 Å². The van der Waals surface area contributed by atoms with Crippen molar-refractivity contribution in [1.29, 1.82) is 0 Å². The Morgan fingerprint density at radius 2 is 2.03 bits per heavy atom. The second-order valence-electron chi connectivity index (χ2n) is 7.10. The number of hydrogen-bond donors (Lipinski definition) is 2. The Bertz CT molecular complexity index is 1060. The quantitative estimate of drug-likeness (QED) is 0.611. The van der Waals surface area contributed by atoms with E-state index in [4.69, 9.17) is 16.7 Å². The molecule has 1 saturated heterocycles. The van der Waals surface area contributed by atoms with Gasteiger partial charge in [0.05, 0.1) is 16.5 Å². The van der Waals surface area contributed by atoms with Crippen molar-refractivity contribution in [2.45, 2.75) is 48.8 Å². The highest BCUT2D eigenvalue weighted by Gasteiger charge is 2.37. The topological polar surface area (TPSA) is 86.7 Å². The Kier molecular flexibility index (Phi) is 7.32. The monoisotopic (exact) mass is 496 g/mol. The molecule has 1 aromatic carbocycles. The summed E-state index contributed by atoms with van der Waals surface area (Å²) < 4.78 is 67.2. The molecule has 1 aromatic heterocycles. The third-order valence-corrected chi connectivity index (χ3v) is 8.64. The zero-order valence-electron chi connectivity index (χ0n) is 16.2. The maximum Gasteiger partial charge on any atom is 0.416 e. The number of aliphatic hydroxyl groups excluding tert-OH is 1. The molecule has 3 rings (SSSR count). The van der Waals surface area contributed by atoms with Gasteiger partial charge in [0.1, 0.15) is 4.21 Å². The van der Waals surface area contributed by atoms with Crippen LogP contribution in [-0.4, -0.2) is 36.3 Å². The highest BCUT2D eigenvalue weighted by Crippen LogP contribution is 2.34. The zero-order chi connectivity index (χ0) is 22.8. The maximum absolute atomic E-state index is 13.3. The summed E-state index contributed by atoms with van der Waals surface area (Å²) in [6.07, 6.45) is -3.74. The number of nitrogens with zero attached hydrogens (tertiary/aromatic N) is 1. The van der Waals surface area contributed by atoms with Gasteiger partial charge in [0.15, 0.2) is 0 Å². The summed E-state index contributed by atoms with van der Waals surface area (Å²) in [5.74, 6) is -0.546. The van der Waals surface area contributed by atoms with Crippen LogP contribution in [0.1, 0.15) is 36.0 Å². The average Bonchev–Trinajstić information content (AvgIpc) is 3.35. The number of carbonyl (C=O) groups excluding carboxylic acids is 1. The second kappa shape index (κ2) is 9.45. The SMILES string of the molecule is O=C(C[C@@H]1CCCN1S(=O)(=O)c1ccc(Cl)s1)NCc1ccc(CO)cc1C(F)(F)F. The van der Waals surface area contributed by atoms with E-state index >= 15 is 0 Å². The van der Waals surface area contributed by atoms with Gasteiger partial charge in [-0.05, 0) is 42.2 Å². The molecule has 12 heteroatoms. The molecule has 31 heavy (non-hydrogen) atoms. The molecule has 0 spiro atoms. The first-order valence-electron chi connectivity index (χ1n) is 9.36. The van der Waals surface area contributed by atoms with E-state index in [9.17, 15) is 26.4 Å². The number of carbonyl (C=O) groups is 1. The minimum atomic E-state index is -4.64. The minimum absolute atomic E-state index is 0.0867. The lowest BCUT2D eigenvalue weighted by molar-refractivity contribution is -0.138. The van der Waals surface area contributed by atoms with Crippen molar-refractivity contribution in [3.8, 4) is 0 Å². The van der Waals surface area contributed by atoms with E-state index in [0.29, 0.717) is 17.2 Å². The summed E-state index contributed by atoms with van der Waals surface area (Å²) in [5.41, 5.74) is -0.955. The van der Waals surface area contributed by atoms with Crippen molar-refractivity contribution in [2.24, 2.45) is 0 Å². The summed E-state index contributed by atoms with van der Waals surface area (Å²) in [6.45, 7) is -0.632. The molecule has 1 amide bonds. The van der Waals surface area contributed by atoms with E-state index in [0.717, 1.165) is 17.4 Å². The fourth-order valence-electron chi connectivity index (χ4n) is 3.50. The predicted octanol–water partition coefficient (Wildman–Crippen LogP) is 3.77. The van der Waals surface area contributed by atoms with Crippen LogP contribution >= 0.6 is 22.9 Å². The number of alkyl halides is 3. The van der Waals surface area contributed by atoms with Gasteiger partial charge >= 0.3 is 6.18 Å². The van der Waals surface area contributed by atoms with Crippen molar-refractivity contribution in [3.63, 3.8) is 0 Å². The number of hydrogen-bond acceptors (Lipinski definition) is 5. The molecule has 170 valence electrons. The number of sulfonamides is 1. The molecule has 1 aliphatic heterocycles. The second-order valence-corrected chi connectivity index (χ2v) is 10.9. The standard InChI is InChI=1S/C19H20ClF3N2O4S2/c20-16-5-6-18(30-16)31(28,29)25-7-1-2-14(25)9-17(27)24-10-13-4-3-12(11-26)8-15(13)19(21,22)23/h3-6,8,14,26H,1-2,7,9-11H2,(H,24,27)/t14-/m0/s1. The number of nitrogens with one attached hydrogen (secondary N) is 1. The van der Waals surface area contributed by atoms with E-state index in [1.54, 1.807) is 0 Å². The fraction of sp³-hybridized carbons (Fsp3) is 0.421. The molecule has 1 aliphatic rings. The molecular weight excluding hydrogens is 477 g/mol. The van der Waals surface area contributed by atoms with Gasteiger partial charge in [-0.15, -0.1) is 11.3 Å². The first kappa shape index (κ1) is 24.0. The number of amides is 1. The zero-order valence-corrected chi connectivity index (χ0v) is 18.5. The maximum atomic E-state index is 13.3. The molecule has 0 aliphatic carbocycles. The van der Waals surface area contributed by atoms with Crippen LogP contribution < -0.4 is 5.32 Å². The molecule has 2 aromatic rings. The van der Waals surface area contributed by atoms with Gasteiger partial charge in [-0.25, -0.2) is 8.42 Å². The third kappa shape index (κ3) is 5.58. The van der Waals surface area contributed by atoms with Crippen molar-refractivity contribution in [1.82, 2.24) is 9.62 Å². The first-order valence-corrected chi connectivity index (χ1v) is 12.0. The van der Waals surface area contributed by atoms with Crippen LogP contribution in [0, 0.1) is 0 Å². The van der Waals surface area contributed by atoms with Crippen molar-refractivity contribution in [2.75, 3.05) is 6.54 Å². The average molecular weight is 497 g/mol. The van der Waals surface area contributed by atoms with E-state index in [1.807, 2.05) is 0 Å². The van der Waals surface area contributed by atoms with Gasteiger partial charge in [-0.2, -0.15) is 17.5 Å². The van der Waals surface area contributed by atoms with Crippen LogP contribution in [0.3, 0.4) is 0 Å². The van der Waals surface area contributed by atoms with Gasteiger partial charge in [-0.3, -0.25) is 4.79 Å². The molecule has 0 bridgehead atoms. The number of thiophene rings is 1. The fourth-order valence-corrected chi connectivity index (χ4v) is 6.81. The summed E-state index contributed by atoms with van der Waals surface area (Å²) in [7, 11) is -3.80. The van der Waals surface area contributed by atoms with Crippen LogP contribution in [0.4, 0.5) is 13.2 Å². The lowest BCUT2D eigenvalue weighted by atomic mass is 10.0. The molecule has 1 fully saturated rings. The van der Waals surface area contributed by atoms with Crippen molar-refractivity contribution < 1.29 is 31.5 Å². The molecule has 6 nitrogen and oxygen atoms in total. The molecule has 0 unspecified atom stereocenters. The van der Waals surface area contributed by atoms with Gasteiger partial charge in [0.25, 0.3) is 10.0 Å². The Morgan fingerprint density at radius 1 is 1.29 bits per heavy atom. The van der Waals surface area contributed by atoms with Crippen LogP contribution in [0.2, 0.25) is 4.34 Å². The molecule has 1 atom stereocenters. The largest absolute Gasteiger partial charge is 0.416 e. The lowest BCUT2D eigenvalue weighted by Gasteiger charge is -2.23. The first-order chi connectivity index (χ1) is 14.5. The lowest BCUT2D eigenvalue weighted by Crippen LogP contribution is -2.38. The molecule has 0 saturated carbocycles. The minimum Gasteiger partial charge on any atom is -0.392 e. The summed E-state index contributed by atoms with van der Waals surface area (Å²) in [5, 5.41) is 11.5. The van der Waals surface area contributed by atoms with Crippen LogP contribution in [0.5, 0.6) is 0 Å². The molecule has 2 heterocycles. The van der Waals surface area contributed by atoms with Crippen LogP contribution in [0.15, 0.2) is 34.5 Å². The molecule has 0 radical (unpaired) electrons. The number of rotatable bonds is 7. The highest BCUT2D eigenvalue weighted by molar-refractivity contribution is 7.91. The summed E-state index contributed by atoms with van der Waals surface area (Å²) in [4.78, 5) is 12.4. The van der Waals surface area contributed by atoms with Gasteiger partial charge in [-0.1, -0.05) is 23.7 Å². The predicted molar refractivity (Wildman–Crippen MR) is 110 cm³/mol. The Balaban J connectivity index is 1.67. The van der Waals surface area contributed by atoms with E-state index in [2.05, 4.69) is 5.32 Å². The summed E-state index contributed by atoms with van der Waals surface area (Å²) in [6, 6.07) is 5.72. The van der Waals surface area contributed by atoms with Crippen LogP contribution in [0.25, 0.3) is 0 Å². The van der Waals surface area contributed by atoms with Gasteiger partial charge < -0.3 is 10.4 Å². The van der Waals surface area contributed by atoms with Crippen molar-refractivity contribution >= 4 is 38.9 Å². The smallest absolute Gasteiger partial charge is 0.392 e. The van der Waals surface area contributed by atoms with Gasteiger partial charge in [0.2, 0.25) is 5.91 Å². The number of benzene rings is 1. The van der Waals surface area contributed by atoms with Crippen LogP contribution in [-0.2, 0) is 34.1 Å². The molecule has 2 N–H and O–H groups in total. The summed E-state index contributed by atoms with van der Waals surface area (Å²) >= 11 is 6.76. The number of halogens is 4. The normalized spacial score (nSPS) is 17.8. The van der Waals surface area contributed by atoms with Crippen molar-refractivity contribution in [3.05, 3.63) is 51.4 Å². The highest BCUT2D eigenvalue weighted by atomic mass is 35.5. The molecular formula is C19H20ClF3N2O4S2. The number of aliphatic hydroxyl groups is 1. The third-order valence-electron chi connectivity index (χ3n) is 4.99. The Hall–Kier alpha value is -1.66. The van der Waals surface area contributed by atoms with E-state index in [-0.39, 0.29) is 34.8 Å². The van der Waals surface area contributed by atoms with E-state index in [1.165, 1.54) is 28.6 Å². The Morgan fingerprint density at radius 3 is 2.65 bits per heavy atom.